The van der Waals surface area contributed by atoms with Crippen molar-refractivity contribution >= 4 is 5.91 Å². The predicted molar refractivity (Wildman–Crippen MR) is 88.3 cm³/mol. The molecule has 0 N–H and O–H groups in total. The molecule has 2 unspecified atom stereocenters. The van der Waals surface area contributed by atoms with E-state index in [9.17, 15) is 4.79 Å². The molecule has 3 heteroatoms. The second-order valence-electron chi connectivity index (χ2n) is 7.25. The van der Waals surface area contributed by atoms with Crippen LogP contribution >= 0.6 is 0 Å². The van der Waals surface area contributed by atoms with Crippen molar-refractivity contribution < 1.29 is 4.79 Å². The van der Waals surface area contributed by atoms with Crippen molar-refractivity contribution in [2.45, 2.75) is 90.8 Å². The molecule has 2 saturated heterocycles. The van der Waals surface area contributed by atoms with E-state index in [2.05, 4.69) is 23.6 Å². The van der Waals surface area contributed by atoms with Gasteiger partial charge in [0.1, 0.15) is 0 Å². The van der Waals surface area contributed by atoms with Crippen LogP contribution in [0.3, 0.4) is 0 Å². The molecule has 0 aromatic carbocycles. The molecule has 2 atom stereocenters. The molecule has 2 aliphatic rings. The first kappa shape index (κ1) is 16.8. The SMILES string of the molecule is CCC1CC(N2CCCCC2)CC(CC)N1C(=O)C(C)C. The number of likely N-dealkylation sites (tertiary alicyclic amines) is 2. The van der Waals surface area contributed by atoms with Gasteiger partial charge in [0.05, 0.1) is 0 Å². The van der Waals surface area contributed by atoms with E-state index in [1.54, 1.807) is 0 Å². The molecule has 21 heavy (non-hydrogen) atoms. The second kappa shape index (κ2) is 7.62. The number of carbonyl (C=O) groups excluding carboxylic acids is 1. The summed E-state index contributed by atoms with van der Waals surface area (Å²) in [5.41, 5.74) is 0. The third-order valence-corrected chi connectivity index (χ3v) is 5.47. The summed E-state index contributed by atoms with van der Waals surface area (Å²) in [6.07, 6.45) is 8.68. The number of hydrogen-bond donors (Lipinski definition) is 0. The highest BCUT2D eigenvalue weighted by Gasteiger charge is 2.39. The standard InChI is InChI=1S/C18H34N2O/c1-5-15-12-17(19-10-8-7-9-11-19)13-16(6-2)20(15)18(21)14(3)4/h14-17H,5-13H2,1-4H3. The fourth-order valence-corrected chi connectivity index (χ4v) is 4.22. The molecule has 0 saturated carbocycles. The van der Waals surface area contributed by atoms with Gasteiger partial charge in [-0.05, 0) is 51.6 Å². The number of hydrogen-bond acceptors (Lipinski definition) is 2. The fourth-order valence-electron chi connectivity index (χ4n) is 4.22. The molecule has 1 amide bonds. The van der Waals surface area contributed by atoms with Crippen molar-refractivity contribution in [2.75, 3.05) is 13.1 Å². The number of nitrogens with zero attached hydrogens (tertiary/aromatic N) is 2. The molecule has 0 aliphatic carbocycles. The Kier molecular flexibility index (Phi) is 6.09. The van der Waals surface area contributed by atoms with Crippen LogP contribution in [0.5, 0.6) is 0 Å². The molecule has 2 aliphatic heterocycles. The molecule has 0 bridgehead atoms. The van der Waals surface area contributed by atoms with Crippen molar-refractivity contribution in [2.24, 2.45) is 5.92 Å². The lowest BCUT2D eigenvalue weighted by Crippen LogP contribution is -2.58. The summed E-state index contributed by atoms with van der Waals surface area (Å²) in [7, 11) is 0. The smallest absolute Gasteiger partial charge is 0.225 e. The molecule has 0 aromatic heterocycles. The highest BCUT2D eigenvalue weighted by molar-refractivity contribution is 5.79. The molecule has 3 nitrogen and oxygen atoms in total. The highest BCUT2D eigenvalue weighted by atomic mass is 16.2. The molecule has 2 fully saturated rings. The Bertz CT molecular complexity index is 322. The quantitative estimate of drug-likeness (QED) is 0.789. The van der Waals surface area contributed by atoms with Crippen molar-refractivity contribution in [3.8, 4) is 0 Å². The number of amides is 1. The van der Waals surface area contributed by atoms with E-state index >= 15 is 0 Å². The van der Waals surface area contributed by atoms with E-state index in [0.717, 1.165) is 12.8 Å². The minimum Gasteiger partial charge on any atom is -0.336 e. The third-order valence-electron chi connectivity index (χ3n) is 5.47. The average molecular weight is 294 g/mol. The maximum Gasteiger partial charge on any atom is 0.225 e. The second-order valence-corrected chi connectivity index (χ2v) is 7.25. The Labute approximate surface area is 131 Å². The van der Waals surface area contributed by atoms with Crippen LogP contribution in [0.2, 0.25) is 0 Å². The maximum atomic E-state index is 12.6. The minimum atomic E-state index is 0.125. The summed E-state index contributed by atoms with van der Waals surface area (Å²) in [4.78, 5) is 17.6. The minimum absolute atomic E-state index is 0.125. The first-order valence-electron chi connectivity index (χ1n) is 9.14. The van der Waals surface area contributed by atoms with Gasteiger partial charge in [0.25, 0.3) is 0 Å². The fraction of sp³-hybridized carbons (Fsp3) is 0.944. The topological polar surface area (TPSA) is 23.6 Å². The number of piperidine rings is 2. The number of rotatable bonds is 4. The molecule has 0 spiro atoms. The predicted octanol–water partition coefficient (Wildman–Crippen LogP) is 3.68. The average Bonchev–Trinajstić information content (AvgIpc) is 2.53. The van der Waals surface area contributed by atoms with E-state index in [1.165, 1.54) is 45.2 Å². The summed E-state index contributed by atoms with van der Waals surface area (Å²) in [5, 5.41) is 0. The zero-order valence-corrected chi connectivity index (χ0v) is 14.5. The van der Waals surface area contributed by atoms with Gasteiger partial charge >= 0.3 is 0 Å². The molecule has 2 heterocycles. The first-order chi connectivity index (χ1) is 10.1. The van der Waals surface area contributed by atoms with E-state index in [4.69, 9.17) is 0 Å². The Morgan fingerprint density at radius 2 is 1.52 bits per heavy atom. The zero-order valence-electron chi connectivity index (χ0n) is 14.5. The highest BCUT2D eigenvalue weighted by Crippen LogP contribution is 2.32. The van der Waals surface area contributed by atoms with E-state index in [-0.39, 0.29) is 5.92 Å². The van der Waals surface area contributed by atoms with Crippen LogP contribution in [0.1, 0.15) is 72.6 Å². The Morgan fingerprint density at radius 3 is 1.95 bits per heavy atom. The van der Waals surface area contributed by atoms with Crippen LogP contribution in [-0.2, 0) is 4.79 Å². The monoisotopic (exact) mass is 294 g/mol. The first-order valence-corrected chi connectivity index (χ1v) is 9.14. The summed E-state index contributed by atoms with van der Waals surface area (Å²) in [6.45, 7) is 11.1. The zero-order chi connectivity index (χ0) is 15.4. The Hall–Kier alpha value is -0.570. The molecular weight excluding hydrogens is 260 g/mol. The summed E-state index contributed by atoms with van der Waals surface area (Å²) in [6, 6.07) is 1.60. The van der Waals surface area contributed by atoms with Crippen LogP contribution in [0.4, 0.5) is 0 Å². The molecule has 0 radical (unpaired) electrons. The van der Waals surface area contributed by atoms with Crippen molar-refractivity contribution in [1.82, 2.24) is 9.80 Å². The van der Waals surface area contributed by atoms with Crippen molar-refractivity contribution in [1.29, 1.82) is 0 Å². The molecule has 0 aromatic rings. The number of carbonyl (C=O) groups is 1. The van der Waals surface area contributed by atoms with Crippen LogP contribution in [-0.4, -0.2) is 46.9 Å². The van der Waals surface area contributed by atoms with Gasteiger partial charge in [-0.25, -0.2) is 0 Å². The van der Waals surface area contributed by atoms with Gasteiger partial charge in [-0.15, -0.1) is 0 Å². The summed E-state index contributed by atoms with van der Waals surface area (Å²) < 4.78 is 0. The van der Waals surface area contributed by atoms with Gasteiger partial charge in [-0.3, -0.25) is 4.79 Å². The van der Waals surface area contributed by atoms with Gasteiger partial charge in [-0.2, -0.15) is 0 Å². The van der Waals surface area contributed by atoms with Gasteiger partial charge in [0.15, 0.2) is 0 Å². The third kappa shape index (κ3) is 3.80. The van der Waals surface area contributed by atoms with Crippen LogP contribution in [0, 0.1) is 5.92 Å². The van der Waals surface area contributed by atoms with Crippen molar-refractivity contribution in [3.05, 3.63) is 0 Å². The Morgan fingerprint density at radius 1 is 1.00 bits per heavy atom. The van der Waals surface area contributed by atoms with Gasteiger partial charge in [-0.1, -0.05) is 34.1 Å². The van der Waals surface area contributed by atoms with Crippen LogP contribution < -0.4 is 0 Å². The molecular formula is C18H34N2O. The summed E-state index contributed by atoms with van der Waals surface area (Å²) in [5.74, 6) is 0.491. The normalized spacial score (nSPS) is 31.7. The van der Waals surface area contributed by atoms with Crippen molar-refractivity contribution in [3.63, 3.8) is 0 Å². The van der Waals surface area contributed by atoms with Gasteiger partial charge in [0, 0.05) is 24.0 Å². The summed E-state index contributed by atoms with van der Waals surface area (Å²) >= 11 is 0. The van der Waals surface area contributed by atoms with E-state index in [1.807, 2.05) is 13.8 Å². The lowest BCUT2D eigenvalue weighted by Gasteiger charge is -2.49. The largest absolute Gasteiger partial charge is 0.336 e. The Balaban J connectivity index is 2.10. The molecule has 122 valence electrons. The lowest BCUT2D eigenvalue weighted by molar-refractivity contribution is -0.143. The van der Waals surface area contributed by atoms with E-state index < -0.39 is 0 Å². The van der Waals surface area contributed by atoms with Crippen LogP contribution in [0.25, 0.3) is 0 Å². The van der Waals surface area contributed by atoms with Gasteiger partial charge in [0.2, 0.25) is 5.91 Å². The maximum absolute atomic E-state index is 12.6. The lowest BCUT2D eigenvalue weighted by atomic mass is 9.86. The molecule has 2 rings (SSSR count). The van der Waals surface area contributed by atoms with Gasteiger partial charge < -0.3 is 9.80 Å². The van der Waals surface area contributed by atoms with E-state index in [0.29, 0.717) is 24.0 Å². The van der Waals surface area contributed by atoms with Crippen LogP contribution in [0.15, 0.2) is 0 Å².